The molecule has 0 saturated heterocycles. The molecule has 1 heterocycles. The first-order valence-electron chi connectivity index (χ1n) is 13.3. The second-order valence-electron chi connectivity index (χ2n) is 8.21. The van der Waals surface area contributed by atoms with Gasteiger partial charge in [-0.05, 0) is 67.4 Å². The SMILES string of the molecule is C=N/C=C\SCc1ccc(C(=O)N(C)C)cc1.C=O.CC.CCc1ccc2c(c1)NC(=O)C1=CC=CCC1S2.CN. The molecule has 0 radical (unpaired) electrons. The molecule has 2 amide bonds. The molecule has 1 aliphatic heterocycles. The van der Waals surface area contributed by atoms with Crippen LogP contribution in [0.1, 0.15) is 48.7 Å². The molecule has 4 rings (SSSR count). The number of nitrogens with zero attached hydrogens (tertiary/aromatic N) is 2. The van der Waals surface area contributed by atoms with E-state index < -0.39 is 0 Å². The minimum atomic E-state index is 0.0277. The highest BCUT2D eigenvalue weighted by Gasteiger charge is 2.27. The Morgan fingerprint density at radius 3 is 2.37 bits per heavy atom. The standard InChI is InChI=1S/C15H15NOS.C13H16N2OS.C2H6.CH5N.CH2O/c1-2-10-7-8-14-12(9-10)16-15(17)11-5-3-4-6-13(11)18-14;1-14-8-9-17-10-11-4-6-12(7-5-11)13(16)15(2)3;3*1-2/h3-5,7-9,13H,2,6H2,1H3,(H,16,17);4-9H,1,10H2,2-3H3;1-2H3;2H2,1H3;1H2/b;9-8-;;;. The maximum Gasteiger partial charge on any atom is 0.253 e. The van der Waals surface area contributed by atoms with Crippen LogP contribution in [-0.2, 0) is 21.8 Å². The Hall–Kier alpha value is -3.40. The number of nitrogens with one attached hydrogen (secondary N) is 1. The number of aryl methyl sites for hydroxylation is 1. The summed E-state index contributed by atoms with van der Waals surface area (Å²) in [4.78, 5) is 38.2. The van der Waals surface area contributed by atoms with Crippen LogP contribution >= 0.6 is 23.5 Å². The van der Waals surface area contributed by atoms with E-state index in [1.165, 1.54) is 23.1 Å². The summed E-state index contributed by atoms with van der Waals surface area (Å²) in [5.41, 5.74) is 9.49. The van der Waals surface area contributed by atoms with E-state index >= 15 is 0 Å². The lowest BCUT2D eigenvalue weighted by Crippen LogP contribution is -2.21. The quantitative estimate of drug-likeness (QED) is 0.357. The number of allylic oxidation sites excluding steroid dienone is 3. The fourth-order valence-corrected chi connectivity index (χ4v) is 5.38. The third kappa shape index (κ3) is 12.8. The monoisotopic (exact) mass is 596 g/mol. The van der Waals surface area contributed by atoms with Crippen LogP contribution in [0.4, 0.5) is 5.69 Å². The summed E-state index contributed by atoms with van der Waals surface area (Å²) in [6.45, 7) is 11.5. The summed E-state index contributed by atoms with van der Waals surface area (Å²) < 4.78 is 0. The molecule has 1 atom stereocenters. The number of hydrogen-bond donors (Lipinski definition) is 2. The van der Waals surface area contributed by atoms with Gasteiger partial charge in [-0.1, -0.05) is 57.2 Å². The van der Waals surface area contributed by atoms with Gasteiger partial charge in [0.15, 0.2) is 0 Å². The maximum absolute atomic E-state index is 12.2. The van der Waals surface area contributed by atoms with E-state index in [0.29, 0.717) is 5.56 Å². The average molecular weight is 597 g/mol. The summed E-state index contributed by atoms with van der Waals surface area (Å²) in [5.74, 6) is 0.937. The van der Waals surface area contributed by atoms with Crippen LogP contribution in [0.3, 0.4) is 0 Å². The summed E-state index contributed by atoms with van der Waals surface area (Å²) in [5, 5.41) is 5.18. The summed E-state index contributed by atoms with van der Waals surface area (Å²) in [7, 11) is 5.00. The largest absolute Gasteiger partial charge is 0.345 e. The van der Waals surface area contributed by atoms with Crippen LogP contribution in [0, 0.1) is 0 Å². The first-order chi connectivity index (χ1) is 19.9. The van der Waals surface area contributed by atoms with Crippen LogP contribution in [-0.4, -0.2) is 56.6 Å². The number of thioether (sulfide) groups is 2. The zero-order chi connectivity index (χ0) is 31.2. The molecule has 2 aromatic rings. The Balaban J connectivity index is 0.000000662. The number of fused-ring (bicyclic) bond motifs is 2. The molecule has 0 saturated carbocycles. The molecule has 41 heavy (non-hydrogen) atoms. The van der Waals surface area contributed by atoms with Crippen molar-refractivity contribution in [3.8, 4) is 0 Å². The van der Waals surface area contributed by atoms with Crippen LogP contribution in [0.5, 0.6) is 0 Å². The molecular weight excluding hydrogens is 553 g/mol. The number of rotatable bonds is 6. The number of amides is 2. The second kappa shape index (κ2) is 22.3. The first kappa shape index (κ1) is 37.6. The van der Waals surface area contributed by atoms with E-state index in [2.05, 4.69) is 54.0 Å². The highest BCUT2D eigenvalue weighted by Crippen LogP contribution is 2.40. The van der Waals surface area contributed by atoms with Crippen LogP contribution in [0.25, 0.3) is 0 Å². The molecule has 9 heteroatoms. The third-order valence-corrected chi connectivity index (χ3v) is 7.62. The Morgan fingerprint density at radius 1 is 1.15 bits per heavy atom. The zero-order valence-corrected chi connectivity index (χ0v) is 26.7. The highest BCUT2D eigenvalue weighted by atomic mass is 32.2. The molecule has 2 aliphatic rings. The number of anilines is 1. The lowest BCUT2D eigenvalue weighted by atomic mass is 10.0. The number of hydrogen-bond acceptors (Lipinski definition) is 7. The van der Waals surface area contributed by atoms with Gasteiger partial charge in [-0.2, -0.15) is 0 Å². The number of aliphatic imine (C=N–C) groups is 1. The van der Waals surface area contributed by atoms with Gasteiger partial charge < -0.3 is 20.7 Å². The van der Waals surface area contributed by atoms with Crippen molar-refractivity contribution >= 4 is 54.5 Å². The number of benzene rings is 2. The van der Waals surface area contributed by atoms with Crippen LogP contribution in [0.2, 0.25) is 0 Å². The fourth-order valence-electron chi connectivity index (χ4n) is 3.52. The van der Waals surface area contributed by atoms with E-state index in [0.717, 1.165) is 29.9 Å². The third-order valence-electron chi connectivity index (χ3n) is 5.46. The van der Waals surface area contributed by atoms with Crippen LogP contribution in [0.15, 0.2) is 87.8 Å². The van der Waals surface area contributed by atoms with Crippen molar-refractivity contribution in [1.29, 1.82) is 0 Å². The molecule has 1 unspecified atom stereocenters. The van der Waals surface area contributed by atoms with E-state index in [-0.39, 0.29) is 17.1 Å². The van der Waals surface area contributed by atoms with Gasteiger partial charge >= 0.3 is 0 Å². The lowest BCUT2D eigenvalue weighted by Gasteiger charge is -2.16. The van der Waals surface area contributed by atoms with Gasteiger partial charge in [-0.3, -0.25) is 14.6 Å². The van der Waals surface area contributed by atoms with Crippen molar-refractivity contribution in [3.63, 3.8) is 0 Å². The number of nitrogens with two attached hydrogens (primary N) is 1. The van der Waals surface area contributed by atoms with Crippen LogP contribution < -0.4 is 11.1 Å². The normalized spacial score (nSPS) is 14.2. The summed E-state index contributed by atoms with van der Waals surface area (Å²) >= 11 is 3.42. The van der Waals surface area contributed by atoms with Crippen molar-refractivity contribution in [2.45, 2.75) is 49.5 Å². The van der Waals surface area contributed by atoms with Gasteiger partial charge in [0.05, 0.1) is 5.69 Å². The highest BCUT2D eigenvalue weighted by molar-refractivity contribution is 8.01. The molecule has 0 spiro atoms. The van der Waals surface area contributed by atoms with Crippen molar-refractivity contribution in [1.82, 2.24) is 4.90 Å². The van der Waals surface area contributed by atoms with E-state index in [1.807, 2.05) is 62.5 Å². The van der Waals surface area contributed by atoms with E-state index in [1.54, 1.807) is 48.7 Å². The minimum Gasteiger partial charge on any atom is -0.345 e. The van der Waals surface area contributed by atoms with E-state index in [4.69, 9.17) is 4.79 Å². The van der Waals surface area contributed by atoms with Gasteiger partial charge in [-0.25, -0.2) is 0 Å². The lowest BCUT2D eigenvalue weighted by molar-refractivity contribution is -0.113. The molecule has 0 aromatic heterocycles. The zero-order valence-electron chi connectivity index (χ0n) is 25.1. The first-order valence-corrected chi connectivity index (χ1v) is 15.2. The van der Waals surface area contributed by atoms with Crippen molar-refractivity contribution in [3.05, 3.63) is 94.6 Å². The molecule has 222 valence electrons. The predicted octanol–water partition coefficient (Wildman–Crippen LogP) is 6.76. The predicted molar refractivity (Wildman–Crippen MR) is 179 cm³/mol. The van der Waals surface area contributed by atoms with Gasteiger partial charge in [0.2, 0.25) is 0 Å². The Bertz CT molecular complexity index is 1180. The molecular formula is C32H44N4O3S2. The van der Waals surface area contributed by atoms with Gasteiger partial charge in [-0.15, -0.1) is 23.5 Å². The topological polar surface area (TPSA) is 105 Å². The number of carbonyl (C=O) groups is 3. The molecule has 7 nitrogen and oxygen atoms in total. The molecule has 0 fully saturated rings. The van der Waals surface area contributed by atoms with Crippen molar-refractivity contribution < 1.29 is 14.4 Å². The Kier molecular flexibility index (Phi) is 20.5. The fraction of sp³-hybridized carbons (Fsp3) is 0.312. The van der Waals surface area contributed by atoms with Crippen molar-refractivity contribution in [2.24, 2.45) is 10.7 Å². The average Bonchev–Trinajstić information content (AvgIpc) is 3.17. The minimum absolute atomic E-state index is 0.0277. The maximum atomic E-state index is 12.2. The van der Waals surface area contributed by atoms with E-state index in [9.17, 15) is 9.59 Å². The van der Waals surface area contributed by atoms with Gasteiger partial charge in [0.25, 0.3) is 11.8 Å². The summed E-state index contributed by atoms with van der Waals surface area (Å²) in [6, 6.07) is 14.0. The summed E-state index contributed by atoms with van der Waals surface area (Å²) in [6.07, 6.45) is 9.61. The smallest absolute Gasteiger partial charge is 0.253 e. The molecule has 1 aliphatic carbocycles. The van der Waals surface area contributed by atoms with Crippen molar-refractivity contribution in [2.75, 3.05) is 26.5 Å². The molecule has 3 N–H and O–H groups in total. The molecule has 2 aromatic carbocycles. The molecule has 0 bridgehead atoms. The van der Waals surface area contributed by atoms with Gasteiger partial charge in [0.1, 0.15) is 6.79 Å². The Labute approximate surface area is 254 Å². The van der Waals surface area contributed by atoms with Gasteiger partial charge in [0, 0.05) is 47.3 Å². The number of carbonyl (C=O) groups excluding carboxylic acids is 3. The Morgan fingerprint density at radius 2 is 1.78 bits per heavy atom. The second-order valence-corrected chi connectivity index (χ2v) is 10.3.